The second-order valence-electron chi connectivity index (χ2n) is 2.96. The highest BCUT2D eigenvalue weighted by atomic mass is 16.6. The maximum Gasteiger partial charge on any atom is 0.316 e. The van der Waals surface area contributed by atoms with Crippen LogP contribution in [0.4, 0.5) is 11.4 Å². The summed E-state index contributed by atoms with van der Waals surface area (Å²) in [5.41, 5.74) is 6.58. The van der Waals surface area contributed by atoms with E-state index in [0.29, 0.717) is 17.1 Å². The van der Waals surface area contributed by atoms with Crippen molar-refractivity contribution in [1.29, 1.82) is 0 Å². The second-order valence-corrected chi connectivity index (χ2v) is 2.96. The molecule has 0 aliphatic heterocycles. The fraction of sp³-hybridized carbons (Fsp3) is 0.143. The van der Waals surface area contributed by atoms with Crippen molar-refractivity contribution < 1.29 is 4.92 Å². The maximum absolute atomic E-state index is 10.7. The molecular formula is C7H8N6O2. The van der Waals surface area contributed by atoms with Crippen molar-refractivity contribution in [2.75, 3.05) is 5.73 Å². The van der Waals surface area contributed by atoms with Crippen LogP contribution in [0, 0.1) is 10.1 Å². The molecule has 2 aromatic rings. The largest absolute Gasteiger partial charge is 0.396 e. The second kappa shape index (κ2) is 3.08. The summed E-state index contributed by atoms with van der Waals surface area (Å²) in [6, 6.07) is 0. The van der Waals surface area contributed by atoms with Gasteiger partial charge in [-0.3, -0.25) is 19.9 Å². The molecule has 0 amide bonds. The Hall–Kier alpha value is -2.38. The molecule has 0 atom stereocenters. The standard InChI is InChI=1S/C7H8N6O2/c1-12-7(5(3-10-12)13(14)15)6-4(8)2-9-11-6/h2-3H,8H2,1H3,(H,9,11). The molecule has 2 heterocycles. The quantitative estimate of drug-likeness (QED) is 0.543. The molecule has 2 rings (SSSR count). The van der Waals surface area contributed by atoms with Crippen LogP contribution < -0.4 is 5.73 Å². The van der Waals surface area contributed by atoms with E-state index in [0.717, 1.165) is 0 Å². The number of nitrogens with zero attached hydrogens (tertiary/aromatic N) is 4. The third-order valence-corrected chi connectivity index (χ3v) is 2.02. The molecule has 0 spiro atoms. The zero-order valence-corrected chi connectivity index (χ0v) is 7.84. The smallest absolute Gasteiger partial charge is 0.316 e. The highest BCUT2D eigenvalue weighted by molar-refractivity contribution is 5.75. The third-order valence-electron chi connectivity index (χ3n) is 2.02. The Labute approximate surface area is 83.9 Å². The summed E-state index contributed by atoms with van der Waals surface area (Å²) in [5.74, 6) is 0. The fourth-order valence-corrected chi connectivity index (χ4v) is 1.33. The molecule has 0 saturated carbocycles. The van der Waals surface area contributed by atoms with Gasteiger partial charge in [0.05, 0.1) is 16.8 Å². The topological polar surface area (TPSA) is 116 Å². The molecule has 15 heavy (non-hydrogen) atoms. The maximum atomic E-state index is 10.7. The van der Waals surface area contributed by atoms with Crippen LogP contribution in [0.15, 0.2) is 12.4 Å². The number of aryl methyl sites for hydroxylation is 1. The van der Waals surface area contributed by atoms with Crippen molar-refractivity contribution >= 4 is 11.4 Å². The van der Waals surface area contributed by atoms with Gasteiger partial charge in [-0.25, -0.2) is 0 Å². The molecule has 0 bridgehead atoms. The first-order chi connectivity index (χ1) is 7.11. The molecule has 3 N–H and O–H groups in total. The number of hydrogen-bond donors (Lipinski definition) is 2. The van der Waals surface area contributed by atoms with Gasteiger partial charge < -0.3 is 5.73 Å². The number of nitrogens with one attached hydrogen (secondary N) is 1. The molecule has 2 aromatic heterocycles. The van der Waals surface area contributed by atoms with Crippen molar-refractivity contribution in [3.8, 4) is 11.4 Å². The van der Waals surface area contributed by atoms with Crippen molar-refractivity contribution in [3.05, 3.63) is 22.5 Å². The number of H-pyrrole nitrogens is 1. The summed E-state index contributed by atoms with van der Waals surface area (Å²) < 4.78 is 1.38. The van der Waals surface area contributed by atoms with Crippen LogP contribution in [0.25, 0.3) is 11.4 Å². The average Bonchev–Trinajstić information content (AvgIpc) is 2.71. The Morgan fingerprint density at radius 2 is 2.33 bits per heavy atom. The molecule has 0 aromatic carbocycles. The van der Waals surface area contributed by atoms with Gasteiger partial charge in [0.1, 0.15) is 11.9 Å². The number of nitrogens with two attached hydrogens (primary N) is 1. The first-order valence-corrected chi connectivity index (χ1v) is 4.07. The van der Waals surface area contributed by atoms with Crippen molar-refractivity contribution in [2.45, 2.75) is 0 Å². The lowest BCUT2D eigenvalue weighted by Gasteiger charge is -1.99. The van der Waals surface area contributed by atoms with Crippen molar-refractivity contribution in [1.82, 2.24) is 20.0 Å². The third kappa shape index (κ3) is 1.31. The molecule has 0 saturated heterocycles. The van der Waals surface area contributed by atoms with Crippen LogP contribution in [0.5, 0.6) is 0 Å². The van der Waals surface area contributed by atoms with E-state index in [1.54, 1.807) is 7.05 Å². The lowest BCUT2D eigenvalue weighted by Crippen LogP contribution is -1.98. The number of aromatic amines is 1. The van der Waals surface area contributed by atoms with Crippen molar-refractivity contribution in [2.24, 2.45) is 7.05 Å². The Bertz CT molecular complexity index is 513. The molecule has 0 aliphatic rings. The van der Waals surface area contributed by atoms with Crippen LogP contribution in [0.1, 0.15) is 0 Å². The number of anilines is 1. The molecule has 8 nitrogen and oxygen atoms in total. The van der Waals surface area contributed by atoms with Gasteiger partial charge in [0.2, 0.25) is 0 Å². The van der Waals surface area contributed by atoms with Gasteiger partial charge >= 0.3 is 5.69 Å². The van der Waals surface area contributed by atoms with E-state index in [-0.39, 0.29) is 5.69 Å². The van der Waals surface area contributed by atoms with Crippen LogP contribution in [-0.2, 0) is 7.05 Å². The number of nitro groups is 1. The molecule has 0 fully saturated rings. The summed E-state index contributed by atoms with van der Waals surface area (Å²) >= 11 is 0. The first-order valence-electron chi connectivity index (χ1n) is 4.07. The molecular weight excluding hydrogens is 200 g/mol. The molecule has 0 aliphatic carbocycles. The highest BCUT2D eigenvalue weighted by Crippen LogP contribution is 2.30. The van der Waals surface area contributed by atoms with Crippen LogP contribution in [-0.4, -0.2) is 24.9 Å². The number of aromatic nitrogens is 4. The molecule has 0 radical (unpaired) electrons. The SMILES string of the molecule is Cn1ncc([N+](=O)[O-])c1-c1[nH]ncc1N. The minimum Gasteiger partial charge on any atom is -0.396 e. The van der Waals surface area contributed by atoms with Crippen LogP contribution in [0.2, 0.25) is 0 Å². The average molecular weight is 208 g/mol. The zero-order valence-electron chi connectivity index (χ0n) is 7.84. The van der Waals surface area contributed by atoms with E-state index in [1.165, 1.54) is 17.1 Å². The van der Waals surface area contributed by atoms with E-state index in [4.69, 9.17) is 5.73 Å². The fourth-order valence-electron chi connectivity index (χ4n) is 1.33. The molecule has 8 heteroatoms. The summed E-state index contributed by atoms with van der Waals surface area (Å²) in [5, 5.41) is 20.8. The van der Waals surface area contributed by atoms with Crippen molar-refractivity contribution in [3.63, 3.8) is 0 Å². The summed E-state index contributed by atoms with van der Waals surface area (Å²) in [6.07, 6.45) is 2.57. The Kier molecular flexibility index (Phi) is 1.89. The Morgan fingerprint density at radius 3 is 2.87 bits per heavy atom. The van der Waals surface area contributed by atoms with Crippen LogP contribution in [0.3, 0.4) is 0 Å². The van der Waals surface area contributed by atoms with E-state index in [9.17, 15) is 10.1 Å². The predicted molar refractivity (Wildman–Crippen MR) is 51.9 cm³/mol. The van der Waals surface area contributed by atoms with Gasteiger partial charge in [0.15, 0.2) is 5.69 Å². The van der Waals surface area contributed by atoms with E-state index in [2.05, 4.69) is 15.3 Å². The lowest BCUT2D eigenvalue weighted by molar-refractivity contribution is -0.384. The summed E-state index contributed by atoms with van der Waals surface area (Å²) in [4.78, 5) is 10.2. The predicted octanol–water partition coefficient (Wildman–Crippen LogP) is 0.301. The van der Waals surface area contributed by atoms with Gasteiger partial charge in [-0.1, -0.05) is 0 Å². The van der Waals surface area contributed by atoms with Gasteiger partial charge in [0, 0.05) is 7.05 Å². The molecule has 0 unspecified atom stereocenters. The number of hydrogen-bond acceptors (Lipinski definition) is 5. The van der Waals surface area contributed by atoms with Crippen LogP contribution >= 0.6 is 0 Å². The normalized spacial score (nSPS) is 10.5. The molecule has 78 valence electrons. The lowest BCUT2D eigenvalue weighted by atomic mass is 10.2. The number of rotatable bonds is 2. The van der Waals surface area contributed by atoms with Gasteiger partial charge in [-0.2, -0.15) is 10.2 Å². The monoisotopic (exact) mass is 208 g/mol. The first kappa shape index (κ1) is 9.19. The summed E-state index contributed by atoms with van der Waals surface area (Å²) in [7, 11) is 1.60. The van der Waals surface area contributed by atoms with Gasteiger partial charge in [0.25, 0.3) is 0 Å². The Morgan fingerprint density at radius 1 is 1.60 bits per heavy atom. The Balaban J connectivity index is 2.66. The van der Waals surface area contributed by atoms with E-state index >= 15 is 0 Å². The van der Waals surface area contributed by atoms with Gasteiger partial charge in [-0.15, -0.1) is 0 Å². The highest BCUT2D eigenvalue weighted by Gasteiger charge is 2.23. The van der Waals surface area contributed by atoms with E-state index < -0.39 is 4.92 Å². The minimum atomic E-state index is -0.511. The van der Waals surface area contributed by atoms with E-state index in [1.807, 2.05) is 0 Å². The number of nitrogen functional groups attached to an aromatic ring is 1. The minimum absolute atomic E-state index is 0.103. The summed E-state index contributed by atoms with van der Waals surface area (Å²) in [6.45, 7) is 0. The zero-order chi connectivity index (χ0) is 11.0. The van der Waals surface area contributed by atoms with Gasteiger partial charge in [-0.05, 0) is 0 Å².